The van der Waals surface area contributed by atoms with Gasteiger partial charge >= 0.3 is 0 Å². The quantitative estimate of drug-likeness (QED) is 0.937. The summed E-state index contributed by atoms with van der Waals surface area (Å²) in [7, 11) is 0. The molecule has 0 aliphatic heterocycles. The van der Waals surface area contributed by atoms with Gasteiger partial charge in [-0.1, -0.05) is 30.3 Å². The Hall–Kier alpha value is -1.26. The van der Waals surface area contributed by atoms with Crippen LogP contribution in [0.5, 0.6) is 0 Å². The molecule has 0 amide bonds. The molecule has 1 aromatic carbocycles. The minimum atomic E-state index is -0.0907. The van der Waals surface area contributed by atoms with E-state index in [9.17, 15) is 0 Å². The molecular formula is C16H21N3S. The molecule has 2 N–H and O–H groups in total. The van der Waals surface area contributed by atoms with Crippen molar-refractivity contribution in [1.29, 1.82) is 0 Å². The summed E-state index contributed by atoms with van der Waals surface area (Å²) in [6.45, 7) is 0. The van der Waals surface area contributed by atoms with Gasteiger partial charge in [-0.05, 0) is 31.1 Å². The first-order chi connectivity index (χ1) is 9.79. The fourth-order valence-corrected chi connectivity index (χ4v) is 3.86. The summed E-state index contributed by atoms with van der Waals surface area (Å²) in [5, 5.41) is 0.781. The Balaban J connectivity index is 1.84. The number of thioether (sulfide) groups is 1. The first-order valence-electron chi connectivity index (χ1n) is 7.14. The number of imidazole rings is 1. The largest absolute Gasteiger partial charge is 0.330 e. The molecule has 20 heavy (non-hydrogen) atoms. The van der Waals surface area contributed by atoms with Crippen LogP contribution in [0.25, 0.3) is 0 Å². The lowest BCUT2D eigenvalue weighted by molar-refractivity contribution is 0.493. The zero-order valence-corrected chi connectivity index (χ0v) is 12.6. The second kappa shape index (κ2) is 6.02. The minimum Gasteiger partial charge on any atom is -0.330 e. The first kappa shape index (κ1) is 13.7. The molecule has 4 heteroatoms. The van der Waals surface area contributed by atoms with Gasteiger partial charge in [0.1, 0.15) is 0 Å². The van der Waals surface area contributed by atoms with E-state index >= 15 is 0 Å². The Morgan fingerprint density at radius 1 is 1.30 bits per heavy atom. The summed E-state index contributed by atoms with van der Waals surface area (Å²) < 4.78 is 2.30. The van der Waals surface area contributed by atoms with Crippen molar-refractivity contribution in [2.45, 2.75) is 36.6 Å². The fourth-order valence-electron chi connectivity index (χ4n) is 3.08. The van der Waals surface area contributed by atoms with Crippen LogP contribution in [0.1, 0.15) is 42.6 Å². The van der Waals surface area contributed by atoms with Gasteiger partial charge in [0, 0.05) is 11.3 Å². The molecule has 3 atom stereocenters. The maximum atomic E-state index is 6.43. The van der Waals surface area contributed by atoms with Gasteiger partial charge in [-0.3, -0.25) is 0 Å². The van der Waals surface area contributed by atoms with Crippen LogP contribution in [-0.4, -0.2) is 21.1 Å². The van der Waals surface area contributed by atoms with Crippen molar-refractivity contribution in [3.8, 4) is 0 Å². The van der Waals surface area contributed by atoms with Crippen molar-refractivity contribution in [2.24, 2.45) is 5.73 Å². The maximum absolute atomic E-state index is 6.43. The first-order valence-corrected chi connectivity index (χ1v) is 8.43. The van der Waals surface area contributed by atoms with Crippen LogP contribution in [0.3, 0.4) is 0 Å². The summed E-state index contributed by atoms with van der Waals surface area (Å²) in [5.74, 6) is 0. The van der Waals surface area contributed by atoms with Gasteiger partial charge in [-0.25, -0.2) is 4.98 Å². The van der Waals surface area contributed by atoms with E-state index in [-0.39, 0.29) is 6.04 Å². The summed E-state index contributed by atoms with van der Waals surface area (Å²) in [6, 6.07) is 10.7. The van der Waals surface area contributed by atoms with Crippen LogP contribution in [0.2, 0.25) is 0 Å². The molecule has 1 aromatic heterocycles. The number of nitrogens with two attached hydrogens (primary N) is 1. The normalized spacial score (nSPS) is 23.9. The zero-order chi connectivity index (χ0) is 13.9. The summed E-state index contributed by atoms with van der Waals surface area (Å²) in [6.07, 6.45) is 9.83. The Labute approximate surface area is 124 Å². The van der Waals surface area contributed by atoms with Gasteiger partial charge in [-0.2, -0.15) is 11.8 Å². The average Bonchev–Trinajstić information content (AvgIpc) is 3.15. The van der Waals surface area contributed by atoms with E-state index in [1.807, 2.05) is 42.5 Å². The van der Waals surface area contributed by atoms with Crippen LogP contribution in [0, 0.1) is 0 Å². The Morgan fingerprint density at radius 2 is 2.10 bits per heavy atom. The minimum absolute atomic E-state index is 0.0907. The van der Waals surface area contributed by atoms with E-state index in [4.69, 9.17) is 5.73 Å². The molecule has 2 aromatic rings. The Morgan fingerprint density at radius 3 is 2.80 bits per heavy atom. The molecule has 0 bridgehead atoms. The van der Waals surface area contributed by atoms with E-state index in [1.54, 1.807) is 0 Å². The van der Waals surface area contributed by atoms with Crippen molar-refractivity contribution in [3.05, 3.63) is 54.1 Å². The number of benzene rings is 1. The molecule has 3 rings (SSSR count). The van der Waals surface area contributed by atoms with E-state index in [1.165, 1.54) is 19.3 Å². The average molecular weight is 287 g/mol. The predicted molar refractivity (Wildman–Crippen MR) is 84.9 cm³/mol. The number of hydrogen-bond acceptors (Lipinski definition) is 3. The number of hydrogen-bond donors (Lipinski definition) is 1. The molecule has 0 saturated heterocycles. The topological polar surface area (TPSA) is 43.8 Å². The molecule has 1 aliphatic rings. The van der Waals surface area contributed by atoms with Gasteiger partial charge in [0.2, 0.25) is 0 Å². The molecular weight excluding hydrogens is 266 g/mol. The molecule has 3 nitrogen and oxygen atoms in total. The Kier molecular flexibility index (Phi) is 4.13. The van der Waals surface area contributed by atoms with Crippen molar-refractivity contribution in [2.75, 3.05) is 6.26 Å². The lowest BCUT2D eigenvalue weighted by atomic mass is 10.0. The van der Waals surface area contributed by atoms with Crippen molar-refractivity contribution in [1.82, 2.24) is 9.55 Å². The van der Waals surface area contributed by atoms with Crippen molar-refractivity contribution >= 4 is 11.8 Å². The maximum Gasteiger partial charge on any atom is 0.0951 e. The fraction of sp³-hybridized carbons (Fsp3) is 0.438. The predicted octanol–water partition coefficient (Wildman–Crippen LogP) is 3.39. The standard InChI is InChI=1S/C16H21N3S/c1-20-14-8-7-13(9-14)19-11-18-10-15(19)16(17)12-5-3-2-4-6-12/h2-6,10-11,13-14,16H,7-9,17H2,1H3. The smallest absolute Gasteiger partial charge is 0.0951 e. The van der Waals surface area contributed by atoms with Gasteiger partial charge in [0.05, 0.1) is 24.3 Å². The highest BCUT2D eigenvalue weighted by molar-refractivity contribution is 7.99. The van der Waals surface area contributed by atoms with Crippen molar-refractivity contribution < 1.29 is 0 Å². The Bertz CT molecular complexity index is 552. The molecule has 1 fully saturated rings. The van der Waals surface area contributed by atoms with E-state index in [0.29, 0.717) is 6.04 Å². The molecule has 106 valence electrons. The highest BCUT2D eigenvalue weighted by Crippen LogP contribution is 2.37. The molecule has 1 heterocycles. The summed E-state index contributed by atoms with van der Waals surface area (Å²) >= 11 is 1.98. The van der Waals surface area contributed by atoms with Crippen molar-refractivity contribution in [3.63, 3.8) is 0 Å². The summed E-state index contributed by atoms with van der Waals surface area (Å²) in [5.41, 5.74) is 8.70. The monoisotopic (exact) mass is 287 g/mol. The molecule has 1 aliphatic carbocycles. The van der Waals surface area contributed by atoms with Crippen LogP contribution in [0.15, 0.2) is 42.9 Å². The number of rotatable bonds is 4. The number of nitrogens with zero attached hydrogens (tertiary/aromatic N) is 2. The van der Waals surface area contributed by atoms with Crippen LogP contribution < -0.4 is 5.73 Å². The molecule has 0 radical (unpaired) electrons. The van der Waals surface area contributed by atoms with Crippen LogP contribution in [0.4, 0.5) is 0 Å². The zero-order valence-electron chi connectivity index (χ0n) is 11.8. The molecule has 1 saturated carbocycles. The second-order valence-electron chi connectivity index (χ2n) is 5.44. The highest BCUT2D eigenvalue weighted by Gasteiger charge is 2.27. The third kappa shape index (κ3) is 2.63. The van der Waals surface area contributed by atoms with E-state index < -0.39 is 0 Å². The molecule has 0 spiro atoms. The van der Waals surface area contributed by atoms with E-state index in [0.717, 1.165) is 16.5 Å². The van der Waals surface area contributed by atoms with Gasteiger partial charge in [0.15, 0.2) is 0 Å². The van der Waals surface area contributed by atoms with Gasteiger partial charge < -0.3 is 10.3 Å². The second-order valence-corrected chi connectivity index (χ2v) is 6.58. The van der Waals surface area contributed by atoms with Gasteiger partial charge in [0.25, 0.3) is 0 Å². The van der Waals surface area contributed by atoms with E-state index in [2.05, 4.69) is 27.9 Å². The number of aromatic nitrogens is 2. The van der Waals surface area contributed by atoms with Crippen LogP contribution in [-0.2, 0) is 0 Å². The van der Waals surface area contributed by atoms with Crippen LogP contribution >= 0.6 is 11.8 Å². The molecule has 3 unspecified atom stereocenters. The summed E-state index contributed by atoms with van der Waals surface area (Å²) in [4.78, 5) is 4.34. The lowest BCUT2D eigenvalue weighted by Crippen LogP contribution is -2.18. The SMILES string of the molecule is CSC1CCC(n2cncc2C(N)c2ccccc2)C1. The lowest BCUT2D eigenvalue weighted by Gasteiger charge is -2.20. The van der Waals surface area contributed by atoms with Gasteiger partial charge in [-0.15, -0.1) is 0 Å². The third-order valence-electron chi connectivity index (χ3n) is 4.26. The third-order valence-corrected chi connectivity index (χ3v) is 5.35. The highest BCUT2D eigenvalue weighted by atomic mass is 32.2.